The van der Waals surface area contributed by atoms with Gasteiger partial charge in [0.15, 0.2) is 17.3 Å². The van der Waals surface area contributed by atoms with Crippen molar-refractivity contribution in [1.29, 1.82) is 0 Å². The van der Waals surface area contributed by atoms with Crippen molar-refractivity contribution in [3.05, 3.63) is 59.4 Å². The molecular formula is C29H25F5N8O2. The standard InChI is InChI=1S/C29H25F5N8O2/c1-44-27-22(23(16-5-6-16)36-14-37-27)24-35-10-19-26(39-24)41(13-21(43)42(19)28(30)31)11-15-4-7-18-17(9-15)3-2-8-40-12-20(29(32,33)34)38-25(18)40/h4,7,9-10,12,14,16,28H,2-3,5-6,8,11,13H2,1H3. The monoisotopic (exact) mass is 612 g/mol. The maximum atomic E-state index is 14.1. The van der Waals surface area contributed by atoms with Crippen LogP contribution in [0, 0.1) is 0 Å². The Morgan fingerprint density at radius 2 is 1.93 bits per heavy atom. The SMILES string of the molecule is COc1ncnc(C2CC2)c1-c1ncc2c(n1)N(Cc1ccc3c(c1)CCCn1cc(C(F)(F)F)nc1-3)CC(=O)N2C(F)F. The highest BCUT2D eigenvalue weighted by molar-refractivity contribution is 6.02. The lowest BCUT2D eigenvalue weighted by Gasteiger charge is -2.35. The van der Waals surface area contributed by atoms with Gasteiger partial charge in [0.25, 0.3) is 5.91 Å². The maximum Gasteiger partial charge on any atom is 0.434 e. The smallest absolute Gasteiger partial charge is 0.434 e. The van der Waals surface area contributed by atoms with Crippen molar-refractivity contribution in [1.82, 2.24) is 29.5 Å². The number of aryl methyl sites for hydroxylation is 2. The molecule has 0 saturated heterocycles. The fourth-order valence-corrected chi connectivity index (χ4v) is 5.86. The molecular weight excluding hydrogens is 587 g/mol. The number of aromatic nitrogens is 6. The van der Waals surface area contributed by atoms with Gasteiger partial charge in [-0.1, -0.05) is 18.2 Å². The molecule has 0 radical (unpaired) electrons. The van der Waals surface area contributed by atoms with E-state index in [4.69, 9.17) is 4.74 Å². The normalized spacial score (nSPS) is 16.5. The third-order valence-electron chi connectivity index (χ3n) is 8.02. The number of methoxy groups -OCH3 is 1. The zero-order chi connectivity index (χ0) is 30.7. The Morgan fingerprint density at radius 1 is 1.11 bits per heavy atom. The largest absolute Gasteiger partial charge is 0.480 e. The number of rotatable bonds is 6. The Kier molecular flexibility index (Phi) is 6.70. The zero-order valence-corrected chi connectivity index (χ0v) is 23.4. The van der Waals surface area contributed by atoms with Crippen LogP contribution in [-0.4, -0.2) is 55.6 Å². The number of carbonyl (C=O) groups excluding carboxylic acids is 1. The van der Waals surface area contributed by atoms with E-state index in [0.717, 1.165) is 30.2 Å². The number of hydrogen-bond acceptors (Lipinski definition) is 8. The van der Waals surface area contributed by atoms with Gasteiger partial charge in [0.05, 0.1) is 25.5 Å². The summed E-state index contributed by atoms with van der Waals surface area (Å²) < 4.78 is 75.2. The van der Waals surface area contributed by atoms with Crippen LogP contribution in [0.1, 0.15) is 47.7 Å². The first-order valence-corrected chi connectivity index (χ1v) is 14.0. The second-order valence-electron chi connectivity index (χ2n) is 11.0. The molecule has 4 aromatic rings. The molecule has 5 heterocycles. The molecule has 2 aliphatic heterocycles. The summed E-state index contributed by atoms with van der Waals surface area (Å²) in [5.41, 5.74) is 2.22. The molecule has 1 aliphatic carbocycles. The molecule has 10 nitrogen and oxygen atoms in total. The molecule has 3 aliphatic rings. The van der Waals surface area contributed by atoms with E-state index in [1.165, 1.54) is 24.2 Å². The van der Waals surface area contributed by atoms with Gasteiger partial charge in [-0.05, 0) is 36.8 Å². The molecule has 0 spiro atoms. The van der Waals surface area contributed by atoms with Crippen molar-refractivity contribution in [2.24, 2.45) is 0 Å². The Balaban J connectivity index is 1.27. The molecule has 0 bridgehead atoms. The number of ether oxygens (including phenoxy) is 1. The summed E-state index contributed by atoms with van der Waals surface area (Å²) in [6.45, 7) is -2.97. The molecule has 44 heavy (non-hydrogen) atoms. The Morgan fingerprint density at radius 3 is 2.66 bits per heavy atom. The zero-order valence-electron chi connectivity index (χ0n) is 23.4. The molecule has 228 valence electrons. The number of alkyl halides is 5. The third-order valence-corrected chi connectivity index (χ3v) is 8.02. The Bertz CT molecular complexity index is 1770. The van der Waals surface area contributed by atoms with Gasteiger partial charge < -0.3 is 14.2 Å². The van der Waals surface area contributed by atoms with Crippen LogP contribution in [-0.2, 0) is 30.5 Å². The number of amides is 1. The molecule has 15 heteroatoms. The van der Waals surface area contributed by atoms with Gasteiger partial charge in [-0.3, -0.25) is 4.79 Å². The third kappa shape index (κ3) is 4.89. The maximum absolute atomic E-state index is 14.1. The van der Waals surface area contributed by atoms with E-state index in [0.29, 0.717) is 41.1 Å². The number of anilines is 2. The van der Waals surface area contributed by atoms with Crippen LogP contribution in [0.3, 0.4) is 0 Å². The molecule has 1 saturated carbocycles. The highest BCUT2D eigenvalue weighted by Gasteiger charge is 2.38. The van der Waals surface area contributed by atoms with Crippen LogP contribution < -0.4 is 14.5 Å². The lowest BCUT2D eigenvalue weighted by Crippen LogP contribution is -2.48. The fourth-order valence-electron chi connectivity index (χ4n) is 5.86. The summed E-state index contributed by atoms with van der Waals surface area (Å²) >= 11 is 0. The number of hydrogen-bond donors (Lipinski definition) is 0. The molecule has 1 aromatic carbocycles. The van der Waals surface area contributed by atoms with Gasteiger partial charge in [0.2, 0.25) is 5.88 Å². The van der Waals surface area contributed by atoms with Crippen LogP contribution in [0.2, 0.25) is 0 Å². The molecule has 0 N–H and O–H groups in total. The molecule has 1 fully saturated rings. The first-order valence-electron chi connectivity index (χ1n) is 14.0. The van der Waals surface area contributed by atoms with Crippen molar-refractivity contribution < 1.29 is 31.5 Å². The van der Waals surface area contributed by atoms with E-state index in [2.05, 4.69) is 24.9 Å². The van der Waals surface area contributed by atoms with Crippen LogP contribution >= 0.6 is 0 Å². The van der Waals surface area contributed by atoms with E-state index >= 15 is 0 Å². The lowest BCUT2D eigenvalue weighted by molar-refractivity contribution is -0.141. The topological polar surface area (TPSA) is 102 Å². The fraction of sp³-hybridized carbons (Fsp3) is 0.379. The van der Waals surface area contributed by atoms with E-state index < -0.39 is 24.3 Å². The summed E-state index contributed by atoms with van der Waals surface area (Å²) in [4.78, 5) is 36.4. The summed E-state index contributed by atoms with van der Waals surface area (Å²) in [6.07, 6.45) is 2.12. The van der Waals surface area contributed by atoms with Crippen molar-refractivity contribution in [3.63, 3.8) is 0 Å². The van der Waals surface area contributed by atoms with Gasteiger partial charge >= 0.3 is 12.7 Å². The van der Waals surface area contributed by atoms with Crippen LogP contribution in [0.5, 0.6) is 5.88 Å². The quantitative estimate of drug-likeness (QED) is 0.216. The van der Waals surface area contributed by atoms with E-state index in [1.807, 2.05) is 6.07 Å². The number of benzene rings is 1. The molecule has 3 aromatic heterocycles. The van der Waals surface area contributed by atoms with Gasteiger partial charge in [0.1, 0.15) is 23.4 Å². The number of halogens is 5. The number of imidazole rings is 1. The molecule has 7 rings (SSSR count). The Labute approximate surface area is 247 Å². The van der Waals surface area contributed by atoms with Crippen molar-refractivity contribution in [2.75, 3.05) is 23.5 Å². The highest BCUT2D eigenvalue weighted by atomic mass is 19.4. The summed E-state index contributed by atoms with van der Waals surface area (Å²) in [6, 6.07) is 5.31. The van der Waals surface area contributed by atoms with Gasteiger partial charge in [-0.2, -0.15) is 22.0 Å². The van der Waals surface area contributed by atoms with Crippen LogP contribution in [0.4, 0.5) is 33.5 Å². The average Bonchev–Trinajstić information content (AvgIpc) is 3.77. The van der Waals surface area contributed by atoms with Gasteiger partial charge in [0, 0.05) is 30.8 Å². The minimum Gasteiger partial charge on any atom is -0.480 e. The summed E-state index contributed by atoms with van der Waals surface area (Å²) in [7, 11) is 1.46. The van der Waals surface area contributed by atoms with E-state index in [-0.39, 0.29) is 48.0 Å². The van der Waals surface area contributed by atoms with Crippen LogP contribution in [0.25, 0.3) is 22.8 Å². The predicted octanol–water partition coefficient (Wildman–Crippen LogP) is 5.22. The first-order chi connectivity index (χ1) is 21.1. The highest BCUT2D eigenvalue weighted by Crippen LogP contribution is 2.46. The number of fused-ring (bicyclic) bond motifs is 4. The lowest BCUT2D eigenvalue weighted by atomic mass is 10.00. The Hall–Kier alpha value is -4.69. The van der Waals surface area contributed by atoms with Crippen molar-refractivity contribution >= 4 is 17.4 Å². The predicted molar refractivity (Wildman–Crippen MR) is 147 cm³/mol. The van der Waals surface area contributed by atoms with Crippen LogP contribution in [0.15, 0.2) is 36.9 Å². The van der Waals surface area contributed by atoms with Crippen molar-refractivity contribution in [3.8, 4) is 28.7 Å². The first kappa shape index (κ1) is 28.1. The summed E-state index contributed by atoms with van der Waals surface area (Å²) in [5, 5.41) is 0. The average molecular weight is 613 g/mol. The summed E-state index contributed by atoms with van der Waals surface area (Å²) in [5.74, 6) is 0.168. The second-order valence-corrected chi connectivity index (χ2v) is 11.0. The van der Waals surface area contributed by atoms with E-state index in [9.17, 15) is 26.7 Å². The minimum absolute atomic E-state index is 0.125. The second kappa shape index (κ2) is 10.5. The molecule has 0 atom stereocenters. The minimum atomic E-state index is -4.56. The van der Waals surface area contributed by atoms with Crippen molar-refractivity contribution in [2.45, 2.75) is 57.4 Å². The van der Waals surface area contributed by atoms with E-state index in [1.54, 1.807) is 17.0 Å². The molecule has 1 amide bonds. The van der Waals surface area contributed by atoms with Gasteiger partial charge in [-0.25, -0.2) is 29.8 Å². The number of nitrogens with zero attached hydrogens (tertiary/aromatic N) is 8. The van der Waals surface area contributed by atoms with Gasteiger partial charge in [-0.15, -0.1) is 0 Å². The molecule has 0 unspecified atom stereocenters. The number of carbonyl (C=O) groups is 1.